The molecule has 1 aromatic heterocycles. The molecular weight excluding hydrogens is 402 g/mol. The van der Waals surface area contributed by atoms with Gasteiger partial charge in [0.1, 0.15) is 11.4 Å². The molecule has 0 unspecified atom stereocenters. The number of ether oxygens (including phenoxy) is 1. The van der Waals surface area contributed by atoms with Crippen LogP contribution in [-0.2, 0) is 16.1 Å². The maximum atomic E-state index is 13.4. The van der Waals surface area contributed by atoms with Crippen molar-refractivity contribution < 1.29 is 14.3 Å². The molecule has 0 spiro atoms. The molecule has 32 heavy (non-hydrogen) atoms. The number of rotatable bonds is 7. The Kier molecular flexibility index (Phi) is 6.03. The van der Waals surface area contributed by atoms with Crippen LogP contribution in [0.25, 0.3) is 5.57 Å². The van der Waals surface area contributed by atoms with Gasteiger partial charge in [-0.15, -0.1) is 0 Å². The smallest absolute Gasteiger partial charge is 0.278 e. The zero-order valence-corrected chi connectivity index (χ0v) is 18.4. The number of anilines is 1. The number of carbonyl (C=O) groups is 2. The number of benzene rings is 2. The lowest BCUT2D eigenvalue weighted by Crippen LogP contribution is -2.32. The number of hydrogen-bond acceptors (Lipinski definition) is 5. The van der Waals surface area contributed by atoms with Crippen molar-refractivity contribution in [1.82, 2.24) is 9.88 Å². The molecule has 6 heteroatoms. The Morgan fingerprint density at radius 1 is 0.938 bits per heavy atom. The van der Waals surface area contributed by atoms with Gasteiger partial charge in [-0.3, -0.25) is 19.5 Å². The van der Waals surface area contributed by atoms with Gasteiger partial charge >= 0.3 is 0 Å². The third-order valence-corrected chi connectivity index (χ3v) is 5.58. The SMILES string of the molecule is CCOc1ccc(C2=C(Nc3cccc(C)c3C)C(=O)N(Cc3ccncc3)C2=O)cc1. The zero-order valence-electron chi connectivity index (χ0n) is 18.4. The topological polar surface area (TPSA) is 71.5 Å². The number of nitrogens with zero attached hydrogens (tertiary/aromatic N) is 2. The summed E-state index contributed by atoms with van der Waals surface area (Å²) in [6.07, 6.45) is 3.30. The van der Waals surface area contributed by atoms with E-state index in [0.29, 0.717) is 23.5 Å². The number of pyridine rings is 1. The van der Waals surface area contributed by atoms with Crippen molar-refractivity contribution >= 4 is 23.1 Å². The van der Waals surface area contributed by atoms with Crippen LogP contribution >= 0.6 is 0 Å². The minimum Gasteiger partial charge on any atom is -0.494 e. The van der Waals surface area contributed by atoms with Crippen molar-refractivity contribution in [3.63, 3.8) is 0 Å². The van der Waals surface area contributed by atoms with Gasteiger partial charge in [0.15, 0.2) is 0 Å². The van der Waals surface area contributed by atoms with Crippen molar-refractivity contribution in [1.29, 1.82) is 0 Å². The molecule has 1 aliphatic heterocycles. The Morgan fingerprint density at radius 2 is 1.66 bits per heavy atom. The summed E-state index contributed by atoms with van der Waals surface area (Å²) < 4.78 is 5.52. The molecule has 162 valence electrons. The first-order valence-electron chi connectivity index (χ1n) is 10.6. The van der Waals surface area contributed by atoms with E-state index in [1.807, 2.05) is 63.2 Å². The number of amides is 2. The summed E-state index contributed by atoms with van der Waals surface area (Å²) in [6.45, 7) is 6.65. The fourth-order valence-corrected chi connectivity index (χ4v) is 3.68. The second-order valence-corrected chi connectivity index (χ2v) is 7.63. The maximum Gasteiger partial charge on any atom is 0.278 e. The van der Waals surface area contributed by atoms with Crippen LogP contribution in [0.3, 0.4) is 0 Å². The van der Waals surface area contributed by atoms with E-state index < -0.39 is 0 Å². The predicted octanol–water partition coefficient (Wildman–Crippen LogP) is 4.49. The number of nitrogens with one attached hydrogen (secondary N) is 1. The first-order valence-corrected chi connectivity index (χ1v) is 10.6. The first kappa shape index (κ1) is 21.3. The van der Waals surface area contributed by atoms with Crippen molar-refractivity contribution in [2.45, 2.75) is 27.3 Å². The summed E-state index contributed by atoms with van der Waals surface area (Å²) in [5.74, 6) is 0.0340. The van der Waals surface area contributed by atoms with Gasteiger partial charge in [-0.05, 0) is 73.4 Å². The average molecular weight is 428 g/mol. The molecule has 0 atom stereocenters. The summed E-state index contributed by atoms with van der Waals surface area (Å²) in [5, 5.41) is 3.26. The Labute approximate surface area is 187 Å². The predicted molar refractivity (Wildman–Crippen MR) is 124 cm³/mol. The number of aromatic nitrogens is 1. The van der Waals surface area contributed by atoms with Gasteiger partial charge in [0.2, 0.25) is 0 Å². The molecule has 1 N–H and O–H groups in total. The average Bonchev–Trinajstić information content (AvgIpc) is 3.03. The molecule has 6 nitrogen and oxygen atoms in total. The Balaban J connectivity index is 1.75. The largest absolute Gasteiger partial charge is 0.494 e. The number of hydrogen-bond donors (Lipinski definition) is 1. The summed E-state index contributed by atoms with van der Waals surface area (Å²) in [6, 6.07) is 16.7. The molecule has 0 saturated carbocycles. The molecule has 0 radical (unpaired) electrons. The molecule has 2 aromatic carbocycles. The summed E-state index contributed by atoms with van der Waals surface area (Å²) in [4.78, 5) is 32.1. The molecule has 2 amide bonds. The fraction of sp³-hybridized carbons (Fsp3) is 0.192. The van der Waals surface area contributed by atoms with E-state index in [1.165, 1.54) is 4.90 Å². The van der Waals surface area contributed by atoms with Gasteiger partial charge < -0.3 is 10.1 Å². The van der Waals surface area contributed by atoms with Crippen LogP contribution in [0, 0.1) is 13.8 Å². The highest BCUT2D eigenvalue weighted by Gasteiger charge is 2.39. The quantitative estimate of drug-likeness (QED) is 0.563. The van der Waals surface area contributed by atoms with Gasteiger partial charge in [0, 0.05) is 18.1 Å². The van der Waals surface area contributed by atoms with Crippen molar-refractivity contribution in [2.75, 3.05) is 11.9 Å². The number of carbonyl (C=O) groups excluding carboxylic acids is 2. The highest BCUT2D eigenvalue weighted by atomic mass is 16.5. The van der Waals surface area contributed by atoms with Gasteiger partial charge in [0.25, 0.3) is 11.8 Å². The van der Waals surface area contributed by atoms with E-state index in [4.69, 9.17) is 4.74 Å². The van der Waals surface area contributed by atoms with E-state index in [1.54, 1.807) is 24.5 Å². The third kappa shape index (κ3) is 4.12. The molecule has 1 aliphatic rings. The molecule has 0 bridgehead atoms. The van der Waals surface area contributed by atoms with Crippen LogP contribution < -0.4 is 10.1 Å². The normalized spacial score (nSPS) is 13.7. The summed E-state index contributed by atoms with van der Waals surface area (Å²) >= 11 is 0. The molecule has 0 fully saturated rings. The molecule has 2 heterocycles. The minimum atomic E-state index is -0.350. The third-order valence-electron chi connectivity index (χ3n) is 5.58. The van der Waals surface area contributed by atoms with Crippen molar-refractivity contribution in [3.05, 3.63) is 94.9 Å². The second kappa shape index (κ2) is 9.06. The first-order chi connectivity index (χ1) is 15.5. The molecule has 0 aliphatic carbocycles. The molecule has 3 aromatic rings. The van der Waals surface area contributed by atoms with E-state index in [0.717, 1.165) is 22.4 Å². The number of aryl methyl sites for hydroxylation is 1. The van der Waals surface area contributed by atoms with Gasteiger partial charge in [-0.1, -0.05) is 24.3 Å². The van der Waals surface area contributed by atoms with Crippen molar-refractivity contribution in [3.8, 4) is 5.75 Å². The monoisotopic (exact) mass is 427 g/mol. The van der Waals surface area contributed by atoms with Gasteiger partial charge in [-0.2, -0.15) is 0 Å². The lowest BCUT2D eigenvalue weighted by Gasteiger charge is -2.16. The summed E-state index contributed by atoms with van der Waals surface area (Å²) in [5.41, 5.74) is 5.06. The van der Waals surface area contributed by atoms with Crippen LogP contribution in [-0.4, -0.2) is 28.3 Å². The van der Waals surface area contributed by atoms with Gasteiger partial charge in [0.05, 0.1) is 18.7 Å². The standard InChI is InChI=1S/C26H25N3O3/c1-4-32-21-10-8-20(9-11-21)23-24(28-22-7-5-6-17(2)18(22)3)26(31)29(25(23)30)16-19-12-14-27-15-13-19/h5-15,28H,4,16H2,1-3H3. The van der Waals surface area contributed by atoms with Crippen LogP contribution in [0.4, 0.5) is 5.69 Å². The minimum absolute atomic E-state index is 0.179. The fourth-order valence-electron chi connectivity index (χ4n) is 3.68. The molecular formula is C26H25N3O3. The van der Waals surface area contributed by atoms with Crippen LogP contribution in [0.5, 0.6) is 5.75 Å². The number of imide groups is 1. The van der Waals surface area contributed by atoms with E-state index in [-0.39, 0.29) is 24.1 Å². The van der Waals surface area contributed by atoms with Crippen LogP contribution in [0.1, 0.15) is 29.2 Å². The van der Waals surface area contributed by atoms with Crippen LogP contribution in [0.15, 0.2) is 72.7 Å². The Bertz CT molecular complexity index is 1180. The molecule has 0 saturated heterocycles. The Morgan fingerprint density at radius 3 is 2.34 bits per heavy atom. The van der Waals surface area contributed by atoms with E-state index >= 15 is 0 Å². The highest BCUT2D eigenvalue weighted by Crippen LogP contribution is 2.33. The maximum absolute atomic E-state index is 13.4. The van der Waals surface area contributed by atoms with Gasteiger partial charge in [-0.25, -0.2) is 0 Å². The molecule has 4 rings (SSSR count). The second-order valence-electron chi connectivity index (χ2n) is 7.63. The lowest BCUT2D eigenvalue weighted by atomic mass is 10.0. The van der Waals surface area contributed by atoms with E-state index in [2.05, 4.69) is 10.3 Å². The summed E-state index contributed by atoms with van der Waals surface area (Å²) in [7, 11) is 0. The Hall–Kier alpha value is -3.93. The van der Waals surface area contributed by atoms with E-state index in [9.17, 15) is 9.59 Å². The lowest BCUT2D eigenvalue weighted by molar-refractivity contribution is -0.137. The van der Waals surface area contributed by atoms with Crippen LogP contribution in [0.2, 0.25) is 0 Å². The van der Waals surface area contributed by atoms with Crippen molar-refractivity contribution in [2.24, 2.45) is 0 Å². The zero-order chi connectivity index (χ0) is 22.7. The highest BCUT2D eigenvalue weighted by molar-refractivity contribution is 6.36.